The Morgan fingerprint density at radius 3 is 3.10 bits per heavy atom. The van der Waals surface area contributed by atoms with E-state index in [1.807, 2.05) is 6.08 Å². The van der Waals surface area contributed by atoms with Crippen LogP contribution in [0.25, 0.3) is 11.1 Å². The number of nitrogens with zero attached hydrogens (tertiary/aromatic N) is 2. The molecular formula is C14H12N4O3. The lowest BCUT2D eigenvalue weighted by molar-refractivity contribution is -0.120. The molecule has 3 heterocycles. The minimum atomic E-state index is -0.491. The molecule has 7 nitrogen and oxygen atoms in total. The number of rotatable bonds is 0. The molecule has 0 saturated heterocycles. The van der Waals surface area contributed by atoms with Gasteiger partial charge in [-0.25, -0.2) is 0 Å². The van der Waals surface area contributed by atoms with Gasteiger partial charge in [-0.15, -0.1) is 0 Å². The third kappa shape index (κ3) is 1.63. The summed E-state index contributed by atoms with van der Waals surface area (Å²) in [5.41, 5.74) is 7.11. The van der Waals surface area contributed by atoms with E-state index < -0.39 is 6.04 Å². The molecule has 0 aliphatic carbocycles. The first kappa shape index (κ1) is 12.0. The topological polar surface area (TPSA) is 101 Å². The molecule has 1 aromatic heterocycles. The molecule has 2 amide bonds. The highest BCUT2D eigenvalue weighted by atomic mass is 16.4. The molecule has 2 aromatic rings. The van der Waals surface area contributed by atoms with Gasteiger partial charge in [0.15, 0.2) is 5.58 Å². The van der Waals surface area contributed by atoms with E-state index in [1.54, 1.807) is 18.3 Å². The number of amides is 2. The molecule has 1 unspecified atom stereocenters. The fraction of sp³-hybridized carbons (Fsp3) is 0.214. The van der Waals surface area contributed by atoms with Gasteiger partial charge in [0.05, 0.1) is 11.3 Å². The summed E-state index contributed by atoms with van der Waals surface area (Å²) in [4.78, 5) is 30.6. The molecule has 0 spiro atoms. The molecule has 7 heteroatoms. The van der Waals surface area contributed by atoms with E-state index in [4.69, 9.17) is 10.2 Å². The number of oxazole rings is 1. The number of nitrogens with one attached hydrogen (secondary N) is 1. The summed E-state index contributed by atoms with van der Waals surface area (Å²) in [7, 11) is 0. The van der Waals surface area contributed by atoms with Gasteiger partial charge in [0.1, 0.15) is 11.6 Å². The Balaban J connectivity index is 1.98. The van der Waals surface area contributed by atoms with Gasteiger partial charge in [0, 0.05) is 6.20 Å². The Bertz CT molecular complexity index is 808. The number of anilines is 2. The van der Waals surface area contributed by atoms with Crippen molar-refractivity contribution in [2.24, 2.45) is 0 Å². The van der Waals surface area contributed by atoms with Gasteiger partial charge in [-0.3, -0.25) is 9.59 Å². The molecule has 0 saturated carbocycles. The van der Waals surface area contributed by atoms with Crippen molar-refractivity contribution < 1.29 is 14.0 Å². The van der Waals surface area contributed by atoms with E-state index in [2.05, 4.69) is 10.3 Å². The van der Waals surface area contributed by atoms with Crippen LogP contribution in [0, 0.1) is 0 Å². The van der Waals surface area contributed by atoms with E-state index in [-0.39, 0.29) is 17.8 Å². The fourth-order valence-corrected chi connectivity index (χ4v) is 2.83. The average Bonchev–Trinajstić information content (AvgIpc) is 2.81. The van der Waals surface area contributed by atoms with Gasteiger partial charge in [-0.05, 0) is 25.0 Å². The number of carbonyl (C=O) groups is 2. The number of benzene rings is 1. The number of carbonyl (C=O) groups excluding carboxylic acids is 2. The first-order valence-electron chi connectivity index (χ1n) is 6.64. The van der Waals surface area contributed by atoms with Gasteiger partial charge >= 0.3 is 0 Å². The molecule has 21 heavy (non-hydrogen) atoms. The molecule has 3 N–H and O–H groups in total. The maximum Gasteiger partial charge on any atom is 0.293 e. The van der Waals surface area contributed by atoms with Crippen molar-refractivity contribution in [2.75, 3.05) is 11.1 Å². The lowest BCUT2D eigenvalue weighted by Crippen LogP contribution is -2.43. The van der Waals surface area contributed by atoms with Crippen LogP contribution in [-0.4, -0.2) is 27.7 Å². The minimum Gasteiger partial charge on any atom is -0.424 e. The summed E-state index contributed by atoms with van der Waals surface area (Å²) in [6, 6.07) is 2.78. The van der Waals surface area contributed by atoms with Crippen LogP contribution in [0.4, 0.5) is 11.7 Å². The first-order valence-corrected chi connectivity index (χ1v) is 6.64. The molecule has 0 fully saturated rings. The number of allylic oxidation sites excluding steroid dienone is 1. The summed E-state index contributed by atoms with van der Waals surface area (Å²) in [6.45, 7) is 0. The number of nitrogens with two attached hydrogens (primary N) is 1. The van der Waals surface area contributed by atoms with Gasteiger partial charge in [-0.2, -0.15) is 4.98 Å². The van der Waals surface area contributed by atoms with Crippen LogP contribution < -0.4 is 11.1 Å². The zero-order valence-electron chi connectivity index (χ0n) is 11.0. The second-order valence-electron chi connectivity index (χ2n) is 5.07. The second kappa shape index (κ2) is 4.08. The summed E-state index contributed by atoms with van der Waals surface area (Å²) in [5.74, 6) is -0.467. The van der Waals surface area contributed by atoms with Crippen LogP contribution in [0.15, 0.2) is 28.8 Å². The van der Waals surface area contributed by atoms with Crippen molar-refractivity contribution in [1.29, 1.82) is 0 Å². The van der Waals surface area contributed by atoms with E-state index >= 15 is 0 Å². The third-order valence-electron chi connectivity index (χ3n) is 3.79. The van der Waals surface area contributed by atoms with Crippen LogP contribution in [0.1, 0.15) is 23.2 Å². The third-order valence-corrected chi connectivity index (χ3v) is 3.79. The van der Waals surface area contributed by atoms with E-state index in [9.17, 15) is 9.59 Å². The highest BCUT2D eigenvalue weighted by molar-refractivity contribution is 6.16. The molecule has 2 aliphatic heterocycles. The van der Waals surface area contributed by atoms with Gasteiger partial charge < -0.3 is 20.4 Å². The van der Waals surface area contributed by atoms with Gasteiger partial charge in [0.25, 0.3) is 11.9 Å². The van der Waals surface area contributed by atoms with Crippen LogP contribution in [0.5, 0.6) is 0 Å². The predicted molar refractivity (Wildman–Crippen MR) is 75.4 cm³/mol. The molecule has 1 atom stereocenters. The van der Waals surface area contributed by atoms with Crippen molar-refractivity contribution in [3.8, 4) is 0 Å². The monoisotopic (exact) mass is 284 g/mol. The smallest absolute Gasteiger partial charge is 0.293 e. The average molecular weight is 284 g/mol. The normalized spacial score (nSPS) is 21.0. The Labute approximate surface area is 119 Å². The summed E-state index contributed by atoms with van der Waals surface area (Å²) in [5, 5.41) is 2.80. The molecule has 0 radical (unpaired) electrons. The summed E-state index contributed by atoms with van der Waals surface area (Å²) < 4.78 is 5.25. The van der Waals surface area contributed by atoms with E-state index in [0.717, 1.165) is 6.42 Å². The lowest BCUT2D eigenvalue weighted by Gasteiger charge is -2.27. The van der Waals surface area contributed by atoms with Crippen molar-refractivity contribution in [2.45, 2.75) is 18.9 Å². The quantitative estimate of drug-likeness (QED) is 0.763. The highest BCUT2D eigenvalue weighted by Gasteiger charge is 2.36. The zero-order valence-corrected chi connectivity index (χ0v) is 11.0. The SMILES string of the molecule is Nc1nc2c3c(ccc2o1)NC(=O)C1CCC=CN1C3=O. The Morgan fingerprint density at radius 1 is 1.38 bits per heavy atom. The highest BCUT2D eigenvalue weighted by Crippen LogP contribution is 2.33. The van der Waals surface area contributed by atoms with Gasteiger partial charge in [-0.1, -0.05) is 6.08 Å². The number of hydrogen-bond acceptors (Lipinski definition) is 5. The first-order chi connectivity index (χ1) is 10.1. The maximum absolute atomic E-state index is 12.8. The van der Waals surface area contributed by atoms with E-state index in [1.165, 1.54) is 4.90 Å². The Hall–Kier alpha value is -2.83. The zero-order chi connectivity index (χ0) is 14.6. The van der Waals surface area contributed by atoms with Crippen LogP contribution in [-0.2, 0) is 4.79 Å². The molecule has 2 aliphatic rings. The van der Waals surface area contributed by atoms with E-state index in [0.29, 0.717) is 28.8 Å². The molecule has 4 rings (SSSR count). The second-order valence-corrected chi connectivity index (χ2v) is 5.07. The minimum absolute atomic E-state index is 0.00694. The molecule has 1 aromatic carbocycles. The van der Waals surface area contributed by atoms with Crippen LogP contribution in [0.2, 0.25) is 0 Å². The summed E-state index contributed by atoms with van der Waals surface area (Å²) in [6.07, 6.45) is 4.91. The number of aromatic nitrogens is 1. The standard InChI is InChI=1S/C14H12N4O3/c15-14-17-11-9(21-14)5-4-7-10(11)13(20)18-6-2-1-3-8(18)12(19)16-7/h2,4-6,8H,1,3H2,(H2,15,17)(H,16,19). The predicted octanol–water partition coefficient (Wildman–Crippen LogP) is 1.48. The lowest BCUT2D eigenvalue weighted by atomic mass is 10.1. The number of fused-ring (bicyclic) bond motifs is 4. The number of hydrogen-bond donors (Lipinski definition) is 2. The van der Waals surface area contributed by atoms with Gasteiger partial charge in [0.2, 0.25) is 5.91 Å². The van der Waals surface area contributed by atoms with Crippen molar-refractivity contribution in [3.63, 3.8) is 0 Å². The van der Waals surface area contributed by atoms with Crippen molar-refractivity contribution in [3.05, 3.63) is 30.0 Å². The van der Waals surface area contributed by atoms with Crippen LogP contribution >= 0.6 is 0 Å². The molecule has 106 valence electrons. The van der Waals surface area contributed by atoms with Crippen LogP contribution in [0.3, 0.4) is 0 Å². The van der Waals surface area contributed by atoms with Crippen molar-refractivity contribution in [1.82, 2.24) is 9.88 Å². The fourth-order valence-electron chi connectivity index (χ4n) is 2.83. The summed E-state index contributed by atoms with van der Waals surface area (Å²) >= 11 is 0. The van der Waals surface area contributed by atoms with Crippen molar-refractivity contribution >= 4 is 34.6 Å². The maximum atomic E-state index is 12.8. The number of nitrogen functional groups attached to an aromatic ring is 1. The molecule has 0 bridgehead atoms. The Kier molecular flexibility index (Phi) is 2.32. The largest absolute Gasteiger partial charge is 0.424 e. The Morgan fingerprint density at radius 2 is 2.24 bits per heavy atom. The molecular weight excluding hydrogens is 272 g/mol.